The van der Waals surface area contributed by atoms with Gasteiger partial charge in [-0.1, -0.05) is 13.3 Å². The van der Waals surface area contributed by atoms with Crippen molar-refractivity contribution in [3.8, 4) is 0 Å². The fourth-order valence-corrected chi connectivity index (χ4v) is 1.72. The van der Waals surface area contributed by atoms with Crippen molar-refractivity contribution >= 4 is 0 Å². The van der Waals surface area contributed by atoms with Crippen LogP contribution in [0, 0.1) is 5.92 Å². The molecule has 0 spiro atoms. The predicted octanol–water partition coefficient (Wildman–Crippen LogP) is 0.918. The van der Waals surface area contributed by atoms with Crippen molar-refractivity contribution in [2.75, 3.05) is 0 Å². The van der Waals surface area contributed by atoms with Gasteiger partial charge in [0, 0.05) is 5.92 Å². The molecule has 2 heteroatoms. The third kappa shape index (κ3) is 1.50. The summed E-state index contributed by atoms with van der Waals surface area (Å²) in [5.41, 5.74) is 0. The summed E-state index contributed by atoms with van der Waals surface area (Å²) in [7, 11) is 0. The van der Waals surface area contributed by atoms with Crippen LogP contribution in [0.1, 0.15) is 32.6 Å². The molecule has 0 aliphatic heterocycles. The average Bonchev–Trinajstić information content (AvgIpc) is 2.34. The molecule has 0 heterocycles. The van der Waals surface area contributed by atoms with Crippen molar-refractivity contribution in [1.82, 2.24) is 0 Å². The molecule has 2 N–H and O–H groups in total. The Morgan fingerprint density at radius 1 is 1.50 bits per heavy atom. The molecule has 0 bridgehead atoms. The molecule has 0 saturated heterocycles. The van der Waals surface area contributed by atoms with E-state index in [0.29, 0.717) is 0 Å². The van der Waals surface area contributed by atoms with Crippen molar-refractivity contribution in [1.29, 1.82) is 0 Å². The molecule has 3 atom stereocenters. The largest absolute Gasteiger partial charge is 0.393 e. The lowest BCUT2D eigenvalue weighted by molar-refractivity contribution is 0.0298. The van der Waals surface area contributed by atoms with E-state index in [0.717, 1.165) is 25.7 Å². The minimum atomic E-state index is -0.280. The van der Waals surface area contributed by atoms with Gasteiger partial charge in [-0.25, -0.2) is 0 Å². The maximum atomic E-state index is 9.37. The summed E-state index contributed by atoms with van der Waals surface area (Å²) >= 11 is 0. The van der Waals surface area contributed by atoms with E-state index in [1.165, 1.54) is 0 Å². The molecule has 1 unspecified atom stereocenters. The van der Waals surface area contributed by atoms with E-state index in [9.17, 15) is 10.2 Å². The van der Waals surface area contributed by atoms with Crippen molar-refractivity contribution in [3.63, 3.8) is 0 Å². The minimum absolute atomic E-state index is 0.157. The normalized spacial score (nSPS) is 36.3. The molecule has 0 aromatic carbocycles. The number of rotatable bonds is 2. The van der Waals surface area contributed by atoms with Gasteiger partial charge in [0.1, 0.15) is 0 Å². The first kappa shape index (κ1) is 8.02. The number of aliphatic hydroxyl groups is 2. The Hall–Kier alpha value is -0.0800. The molecule has 0 radical (unpaired) electrons. The molecule has 10 heavy (non-hydrogen) atoms. The quantitative estimate of drug-likeness (QED) is 0.605. The minimum Gasteiger partial charge on any atom is -0.393 e. The highest BCUT2D eigenvalue weighted by atomic mass is 16.3. The third-order valence-corrected chi connectivity index (χ3v) is 2.44. The van der Waals surface area contributed by atoms with Crippen LogP contribution in [0.15, 0.2) is 0 Å². The summed E-state index contributed by atoms with van der Waals surface area (Å²) in [5.74, 6) is 0.157. The Kier molecular flexibility index (Phi) is 2.69. The van der Waals surface area contributed by atoms with E-state index in [2.05, 4.69) is 0 Å². The van der Waals surface area contributed by atoms with Crippen LogP contribution < -0.4 is 0 Å². The summed E-state index contributed by atoms with van der Waals surface area (Å²) in [6.45, 7) is 1.95. The van der Waals surface area contributed by atoms with Crippen LogP contribution in [0.3, 0.4) is 0 Å². The van der Waals surface area contributed by atoms with Gasteiger partial charge in [-0.2, -0.15) is 0 Å². The van der Waals surface area contributed by atoms with E-state index in [-0.39, 0.29) is 18.1 Å². The van der Waals surface area contributed by atoms with Crippen molar-refractivity contribution in [2.24, 2.45) is 5.92 Å². The summed E-state index contributed by atoms with van der Waals surface area (Å²) in [6.07, 6.45) is 3.19. The average molecular weight is 144 g/mol. The SMILES string of the molecule is CC[C@H](O)C1CCC[C@@H]1O. The van der Waals surface area contributed by atoms with Crippen LogP contribution in [0.5, 0.6) is 0 Å². The summed E-state index contributed by atoms with van der Waals surface area (Å²) < 4.78 is 0. The highest BCUT2D eigenvalue weighted by molar-refractivity contribution is 4.81. The summed E-state index contributed by atoms with van der Waals surface area (Å²) in [4.78, 5) is 0. The van der Waals surface area contributed by atoms with Crippen LogP contribution in [-0.2, 0) is 0 Å². The van der Waals surface area contributed by atoms with Crippen LogP contribution in [0.25, 0.3) is 0 Å². The van der Waals surface area contributed by atoms with Crippen molar-refractivity contribution in [2.45, 2.75) is 44.8 Å². The Labute approximate surface area is 61.9 Å². The highest BCUT2D eigenvalue weighted by Gasteiger charge is 2.29. The topological polar surface area (TPSA) is 40.5 Å². The molecule has 0 aromatic rings. The van der Waals surface area contributed by atoms with Gasteiger partial charge in [0.05, 0.1) is 12.2 Å². The zero-order valence-corrected chi connectivity index (χ0v) is 6.45. The first-order chi connectivity index (χ1) is 4.75. The van der Waals surface area contributed by atoms with Gasteiger partial charge >= 0.3 is 0 Å². The van der Waals surface area contributed by atoms with Crippen molar-refractivity contribution in [3.05, 3.63) is 0 Å². The second-order valence-corrected chi connectivity index (χ2v) is 3.14. The summed E-state index contributed by atoms with van der Waals surface area (Å²) in [5, 5.41) is 18.7. The number of aliphatic hydroxyl groups excluding tert-OH is 2. The van der Waals surface area contributed by atoms with Crippen LogP contribution in [-0.4, -0.2) is 22.4 Å². The monoisotopic (exact) mass is 144 g/mol. The second-order valence-electron chi connectivity index (χ2n) is 3.14. The Balaban J connectivity index is 2.38. The van der Waals surface area contributed by atoms with E-state index in [1.807, 2.05) is 6.92 Å². The van der Waals surface area contributed by atoms with E-state index in [4.69, 9.17) is 0 Å². The van der Waals surface area contributed by atoms with Crippen LogP contribution in [0.4, 0.5) is 0 Å². The first-order valence-electron chi connectivity index (χ1n) is 4.11. The molecule has 1 rings (SSSR count). The molecule has 60 valence electrons. The van der Waals surface area contributed by atoms with E-state index < -0.39 is 0 Å². The molecular formula is C8H16O2. The Morgan fingerprint density at radius 3 is 2.60 bits per heavy atom. The lowest BCUT2D eigenvalue weighted by Gasteiger charge is -2.19. The fourth-order valence-electron chi connectivity index (χ4n) is 1.72. The van der Waals surface area contributed by atoms with Gasteiger partial charge in [-0.15, -0.1) is 0 Å². The van der Waals surface area contributed by atoms with Gasteiger partial charge in [-0.3, -0.25) is 0 Å². The van der Waals surface area contributed by atoms with Gasteiger partial charge in [-0.05, 0) is 19.3 Å². The zero-order valence-electron chi connectivity index (χ0n) is 6.45. The zero-order chi connectivity index (χ0) is 7.56. The Bertz CT molecular complexity index is 103. The molecule has 2 nitrogen and oxygen atoms in total. The van der Waals surface area contributed by atoms with Gasteiger partial charge in [0.2, 0.25) is 0 Å². The second kappa shape index (κ2) is 3.35. The van der Waals surface area contributed by atoms with Crippen molar-refractivity contribution < 1.29 is 10.2 Å². The van der Waals surface area contributed by atoms with Crippen LogP contribution >= 0.6 is 0 Å². The fraction of sp³-hybridized carbons (Fsp3) is 1.00. The maximum Gasteiger partial charge on any atom is 0.0593 e. The standard InChI is InChI=1S/C8H16O2/c1-2-7(9)6-4-3-5-8(6)10/h6-10H,2-5H2,1H3/t6?,7-,8-/m0/s1. The molecule has 0 amide bonds. The number of hydrogen-bond donors (Lipinski definition) is 2. The van der Waals surface area contributed by atoms with Gasteiger partial charge in [0.25, 0.3) is 0 Å². The molecule has 1 aliphatic carbocycles. The third-order valence-electron chi connectivity index (χ3n) is 2.44. The Morgan fingerprint density at radius 2 is 2.20 bits per heavy atom. The predicted molar refractivity (Wildman–Crippen MR) is 39.6 cm³/mol. The highest BCUT2D eigenvalue weighted by Crippen LogP contribution is 2.29. The lowest BCUT2D eigenvalue weighted by Crippen LogP contribution is -2.26. The molecular weight excluding hydrogens is 128 g/mol. The smallest absolute Gasteiger partial charge is 0.0593 e. The molecule has 1 saturated carbocycles. The molecule has 1 aliphatic rings. The van der Waals surface area contributed by atoms with E-state index >= 15 is 0 Å². The molecule has 0 aromatic heterocycles. The first-order valence-corrected chi connectivity index (χ1v) is 4.11. The lowest BCUT2D eigenvalue weighted by atomic mass is 9.97. The van der Waals surface area contributed by atoms with E-state index in [1.54, 1.807) is 0 Å². The maximum absolute atomic E-state index is 9.37. The number of hydrogen-bond acceptors (Lipinski definition) is 2. The molecule has 1 fully saturated rings. The van der Waals surface area contributed by atoms with Gasteiger partial charge in [0.15, 0.2) is 0 Å². The van der Waals surface area contributed by atoms with Gasteiger partial charge < -0.3 is 10.2 Å². The summed E-state index contributed by atoms with van der Waals surface area (Å²) in [6, 6.07) is 0. The van der Waals surface area contributed by atoms with Crippen LogP contribution in [0.2, 0.25) is 0 Å².